The molecular weight excluding hydrogens is 252 g/mol. The van der Waals surface area contributed by atoms with E-state index < -0.39 is 5.91 Å². The molecule has 0 aromatic heterocycles. The summed E-state index contributed by atoms with van der Waals surface area (Å²) in [7, 11) is 3.50. The molecule has 0 saturated carbocycles. The summed E-state index contributed by atoms with van der Waals surface area (Å²) in [6, 6.07) is 6.68. The van der Waals surface area contributed by atoms with Gasteiger partial charge in [-0.15, -0.1) is 0 Å². The Morgan fingerprint density at radius 3 is 2.22 bits per heavy atom. The number of halogens is 1. The van der Waals surface area contributed by atoms with Crippen molar-refractivity contribution in [2.24, 2.45) is 0 Å². The molecule has 0 bridgehead atoms. The second-order valence-corrected chi connectivity index (χ2v) is 4.46. The van der Waals surface area contributed by atoms with E-state index in [1.54, 1.807) is 43.3 Å². The molecule has 0 heterocycles. The molecule has 1 aromatic carbocycles. The van der Waals surface area contributed by atoms with E-state index in [0.717, 1.165) is 0 Å². The number of benzene rings is 1. The lowest BCUT2D eigenvalue weighted by atomic mass is 10.2. The molecular formula is C13H15ClN2O2. The second kappa shape index (κ2) is 6.21. The molecule has 0 aliphatic rings. The molecule has 0 aliphatic heterocycles. The molecule has 1 N–H and O–H groups in total. The maximum absolute atomic E-state index is 11.9. The lowest BCUT2D eigenvalue weighted by Gasteiger charge is -2.10. The lowest BCUT2D eigenvalue weighted by Crippen LogP contribution is -2.21. The normalized spacial score (nSPS) is 11.0. The van der Waals surface area contributed by atoms with Crippen LogP contribution in [0.1, 0.15) is 6.92 Å². The van der Waals surface area contributed by atoms with Crippen LogP contribution >= 0.6 is 11.6 Å². The summed E-state index contributed by atoms with van der Waals surface area (Å²) in [5.41, 5.74) is 0.699. The SMILES string of the molecule is CC(=O)/C(=C/N(C)C)C(=O)Nc1ccc(Cl)cc1. The van der Waals surface area contributed by atoms with Gasteiger partial charge in [-0.2, -0.15) is 0 Å². The highest BCUT2D eigenvalue weighted by Gasteiger charge is 2.14. The van der Waals surface area contributed by atoms with Crippen LogP contribution in [0, 0.1) is 0 Å². The van der Waals surface area contributed by atoms with Crippen molar-refractivity contribution in [1.82, 2.24) is 4.90 Å². The van der Waals surface area contributed by atoms with Crippen molar-refractivity contribution in [2.45, 2.75) is 6.92 Å². The number of Topliss-reactive ketones (excluding diaryl/α,β-unsaturated/α-hetero) is 1. The standard InChI is InChI=1S/C13H15ClN2O2/c1-9(17)12(8-16(2)3)13(18)15-11-6-4-10(14)5-7-11/h4-8H,1-3H3,(H,15,18)/b12-8-. The Morgan fingerprint density at radius 1 is 1.22 bits per heavy atom. The van der Waals surface area contributed by atoms with E-state index in [1.165, 1.54) is 13.1 Å². The van der Waals surface area contributed by atoms with Crippen LogP contribution in [0.3, 0.4) is 0 Å². The first-order chi connectivity index (χ1) is 8.40. The molecule has 5 heteroatoms. The quantitative estimate of drug-likeness (QED) is 0.517. The van der Waals surface area contributed by atoms with Crippen molar-refractivity contribution in [3.63, 3.8) is 0 Å². The van der Waals surface area contributed by atoms with Gasteiger partial charge in [-0.05, 0) is 31.2 Å². The minimum absolute atomic E-state index is 0.106. The number of carbonyl (C=O) groups is 2. The van der Waals surface area contributed by atoms with Gasteiger partial charge in [0.05, 0.1) is 5.57 Å². The first-order valence-electron chi connectivity index (χ1n) is 5.36. The summed E-state index contributed by atoms with van der Waals surface area (Å²) >= 11 is 5.75. The number of nitrogens with zero attached hydrogens (tertiary/aromatic N) is 1. The molecule has 1 amide bonds. The van der Waals surface area contributed by atoms with E-state index in [0.29, 0.717) is 10.7 Å². The minimum atomic E-state index is -0.432. The fraction of sp³-hybridized carbons (Fsp3) is 0.231. The number of hydrogen-bond donors (Lipinski definition) is 1. The van der Waals surface area contributed by atoms with E-state index in [9.17, 15) is 9.59 Å². The van der Waals surface area contributed by atoms with Crippen molar-refractivity contribution in [1.29, 1.82) is 0 Å². The summed E-state index contributed by atoms with van der Waals surface area (Å²) in [6.45, 7) is 1.36. The number of rotatable bonds is 4. The van der Waals surface area contributed by atoms with Crippen molar-refractivity contribution in [2.75, 3.05) is 19.4 Å². The van der Waals surface area contributed by atoms with Crippen LogP contribution < -0.4 is 5.32 Å². The smallest absolute Gasteiger partial charge is 0.260 e. The van der Waals surface area contributed by atoms with Crippen LogP contribution in [0.5, 0.6) is 0 Å². The Bertz CT molecular complexity index is 478. The molecule has 0 atom stereocenters. The Morgan fingerprint density at radius 2 is 1.78 bits per heavy atom. The first kappa shape index (κ1) is 14.3. The average Bonchev–Trinajstić information content (AvgIpc) is 2.28. The maximum Gasteiger partial charge on any atom is 0.260 e. The highest BCUT2D eigenvalue weighted by Crippen LogP contribution is 2.14. The van der Waals surface area contributed by atoms with Gasteiger partial charge in [0.25, 0.3) is 5.91 Å². The summed E-state index contributed by atoms with van der Waals surface area (Å²) in [4.78, 5) is 25.0. The third-order valence-electron chi connectivity index (χ3n) is 2.11. The van der Waals surface area contributed by atoms with Gasteiger partial charge in [0.2, 0.25) is 0 Å². The number of ketones is 1. The zero-order valence-electron chi connectivity index (χ0n) is 10.5. The maximum atomic E-state index is 11.9. The number of hydrogen-bond acceptors (Lipinski definition) is 3. The predicted octanol–water partition coefficient (Wildman–Crippen LogP) is 2.31. The number of amides is 1. The Hall–Kier alpha value is -1.81. The third kappa shape index (κ3) is 4.22. The van der Waals surface area contributed by atoms with Crippen LogP contribution in [0.4, 0.5) is 5.69 Å². The topological polar surface area (TPSA) is 49.4 Å². The highest BCUT2D eigenvalue weighted by atomic mass is 35.5. The fourth-order valence-corrected chi connectivity index (χ4v) is 1.43. The van der Waals surface area contributed by atoms with E-state index in [1.807, 2.05) is 0 Å². The Balaban J connectivity index is 2.86. The molecule has 1 aromatic rings. The van der Waals surface area contributed by atoms with Gasteiger partial charge in [0, 0.05) is 31.0 Å². The van der Waals surface area contributed by atoms with Gasteiger partial charge in [0.15, 0.2) is 5.78 Å². The largest absolute Gasteiger partial charge is 0.383 e. The van der Waals surface area contributed by atoms with Crippen LogP contribution in [-0.2, 0) is 9.59 Å². The molecule has 0 saturated heterocycles. The molecule has 0 radical (unpaired) electrons. The lowest BCUT2D eigenvalue weighted by molar-refractivity contribution is -0.119. The summed E-state index contributed by atoms with van der Waals surface area (Å²) in [6.07, 6.45) is 1.49. The van der Waals surface area contributed by atoms with Crippen molar-refractivity contribution < 1.29 is 9.59 Å². The van der Waals surface area contributed by atoms with Crippen molar-refractivity contribution in [3.8, 4) is 0 Å². The van der Waals surface area contributed by atoms with Gasteiger partial charge in [-0.3, -0.25) is 9.59 Å². The third-order valence-corrected chi connectivity index (χ3v) is 2.37. The zero-order valence-corrected chi connectivity index (χ0v) is 11.3. The molecule has 96 valence electrons. The summed E-state index contributed by atoms with van der Waals surface area (Å²) in [5.74, 6) is -0.714. The highest BCUT2D eigenvalue weighted by molar-refractivity contribution is 6.30. The number of carbonyl (C=O) groups excluding carboxylic acids is 2. The summed E-state index contributed by atoms with van der Waals surface area (Å²) in [5, 5.41) is 3.23. The van der Waals surface area contributed by atoms with Crippen molar-refractivity contribution >= 4 is 29.0 Å². The van der Waals surface area contributed by atoms with Crippen LogP contribution in [0.25, 0.3) is 0 Å². The number of nitrogens with one attached hydrogen (secondary N) is 1. The van der Waals surface area contributed by atoms with E-state index in [2.05, 4.69) is 5.32 Å². The molecule has 4 nitrogen and oxygen atoms in total. The first-order valence-corrected chi connectivity index (χ1v) is 5.74. The second-order valence-electron chi connectivity index (χ2n) is 4.02. The Kier molecular flexibility index (Phi) is 4.92. The Labute approximate surface area is 111 Å². The van der Waals surface area contributed by atoms with E-state index >= 15 is 0 Å². The van der Waals surface area contributed by atoms with Gasteiger partial charge < -0.3 is 10.2 Å². The van der Waals surface area contributed by atoms with Gasteiger partial charge >= 0.3 is 0 Å². The minimum Gasteiger partial charge on any atom is -0.383 e. The van der Waals surface area contributed by atoms with Gasteiger partial charge in [0.1, 0.15) is 0 Å². The predicted molar refractivity (Wildman–Crippen MR) is 72.5 cm³/mol. The van der Waals surface area contributed by atoms with Crippen molar-refractivity contribution in [3.05, 3.63) is 41.1 Å². The number of anilines is 1. The average molecular weight is 267 g/mol. The zero-order chi connectivity index (χ0) is 13.7. The molecule has 0 fully saturated rings. The van der Waals surface area contributed by atoms with Crippen LogP contribution in [-0.4, -0.2) is 30.7 Å². The van der Waals surface area contributed by atoms with Crippen LogP contribution in [0.15, 0.2) is 36.0 Å². The van der Waals surface area contributed by atoms with Crippen LogP contribution in [0.2, 0.25) is 5.02 Å². The monoisotopic (exact) mass is 266 g/mol. The molecule has 0 spiro atoms. The van der Waals surface area contributed by atoms with E-state index in [-0.39, 0.29) is 11.4 Å². The molecule has 0 aliphatic carbocycles. The molecule has 18 heavy (non-hydrogen) atoms. The summed E-state index contributed by atoms with van der Waals surface area (Å²) < 4.78 is 0. The van der Waals surface area contributed by atoms with Gasteiger partial charge in [-0.1, -0.05) is 11.6 Å². The fourth-order valence-electron chi connectivity index (χ4n) is 1.30. The molecule has 0 unspecified atom stereocenters. The molecule has 1 rings (SSSR count). The van der Waals surface area contributed by atoms with Gasteiger partial charge in [-0.25, -0.2) is 0 Å². The van der Waals surface area contributed by atoms with E-state index in [4.69, 9.17) is 11.6 Å².